The normalized spacial score (nSPS) is 24.7. The van der Waals surface area contributed by atoms with Crippen molar-refractivity contribution in [2.75, 3.05) is 16.4 Å². The molecule has 0 aromatic heterocycles. The highest BCUT2D eigenvalue weighted by atomic mass is 32.2. The van der Waals surface area contributed by atoms with Gasteiger partial charge in [-0.3, -0.25) is 4.99 Å². The fraction of sp³-hybridized carbons (Fsp3) is 0.278. The lowest BCUT2D eigenvalue weighted by Gasteiger charge is -2.26. The summed E-state index contributed by atoms with van der Waals surface area (Å²) in [5.41, 5.74) is 2.25. The third-order valence-electron chi connectivity index (χ3n) is 4.35. The van der Waals surface area contributed by atoms with Gasteiger partial charge in [0.15, 0.2) is 15.0 Å². The number of hydrogen-bond donors (Lipinski definition) is 0. The molecule has 0 unspecified atom stereocenters. The molecule has 4 rings (SSSR count). The third kappa shape index (κ3) is 3.08. The molecule has 2 aliphatic rings. The largest absolute Gasteiger partial charge is 0.315 e. The zero-order valence-electron chi connectivity index (χ0n) is 13.1. The maximum absolute atomic E-state index is 12.0. The number of rotatable bonds is 3. The molecule has 0 bridgehead atoms. The summed E-state index contributed by atoms with van der Waals surface area (Å²) in [6, 6.07) is 20.0. The Kier molecular flexibility index (Phi) is 4.10. The number of amidine groups is 1. The van der Waals surface area contributed by atoms with E-state index in [1.807, 2.05) is 48.5 Å². The highest BCUT2D eigenvalue weighted by Crippen LogP contribution is 2.35. The van der Waals surface area contributed by atoms with E-state index in [9.17, 15) is 8.42 Å². The van der Waals surface area contributed by atoms with E-state index >= 15 is 0 Å². The first-order valence-corrected chi connectivity index (χ1v) is 10.7. The van der Waals surface area contributed by atoms with Gasteiger partial charge in [-0.15, -0.1) is 0 Å². The van der Waals surface area contributed by atoms with Gasteiger partial charge in [0.2, 0.25) is 0 Å². The Morgan fingerprint density at radius 2 is 1.67 bits per heavy atom. The second kappa shape index (κ2) is 6.26. The predicted octanol–water partition coefficient (Wildman–Crippen LogP) is 2.96. The maximum atomic E-state index is 12.0. The highest BCUT2D eigenvalue weighted by molar-refractivity contribution is 8.13. The molecular formula is C18H18N2O2S2. The third-order valence-corrected chi connectivity index (χ3v) is 7.09. The van der Waals surface area contributed by atoms with E-state index in [1.54, 1.807) is 11.8 Å². The lowest BCUT2D eigenvalue weighted by molar-refractivity contribution is 0.601. The molecule has 124 valence electrons. The van der Waals surface area contributed by atoms with Crippen LogP contribution in [0.3, 0.4) is 0 Å². The quantitative estimate of drug-likeness (QED) is 0.846. The fourth-order valence-corrected chi connectivity index (χ4v) is 6.17. The van der Waals surface area contributed by atoms with E-state index in [4.69, 9.17) is 4.99 Å². The molecule has 2 heterocycles. The van der Waals surface area contributed by atoms with E-state index in [1.165, 1.54) is 5.56 Å². The number of thioether (sulfide) groups is 1. The monoisotopic (exact) mass is 358 g/mol. The average molecular weight is 358 g/mol. The van der Waals surface area contributed by atoms with Crippen LogP contribution >= 0.6 is 11.8 Å². The van der Waals surface area contributed by atoms with Gasteiger partial charge in [-0.1, -0.05) is 60.3 Å². The van der Waals surface area contributed by atoms with Crippen LogP contribution in [-0.2, 0) is 15.6 Å². The fourth-order valence-electron chi connectivity index (χ4n) is 3.25. The van der Waals surface area contributed by atoms with Gasteiger partial charge >= 0.3 is 0 Å². The first-order chi connectivity index (χ1) is 11.6. The van der Waals surface area contributed by atoms with Crippen LogP contribution in [0.15, 0.2) is 65.7 Å². The second-order valence-electron chi connectivity index (χ2n) is 6.10. The van der Waals surface area contributed by atoms with Crippen LogP contribution in [0.25, 0.3) is 0 Å². The van der Waals surface area contributed by atoms with Crippen molar-refractivity contribution in [1.82, 2.24) is 0 Å². The summed E-state index contributed by atoms with van der Waals surface area (Å²) in [7, 11) is -2.99. The molecule has 24 heavy (non-hydrogen) atoms. The number of para-hydroxylation sites is 1. The molecule has 6 heteroatoms. The Morgan fingerprint density at radius 3 is 2.38 bits per heavy atom. The van der Waals surface area contributed by atoms with Crippen LogP contribution in [-0.4, -0.2) is 37.2 Å². The highest BCUT2D eigenvalue weighted by Gasteiger charge is 2.47. The number of nitrogens with zero attached hydrogens (tertiary/aromatic N) is 2. The zero-order valence-corrected chi connectivity index (χ0v) is 14.7. The smallest absolute Gasteiger partial charge is 0.164 e. The van der Waals surface area contributed by atoms with Crippen molar-refractivity contribution in [1.29, 1.82) is 0 Å². The van der Waals surface area contributed by atoms with E-state index in [0.717, 1.165) is 16.6 Å². The molecule has 2 aromatic carbocycles. The van der Waals surface area contributed by atoms with Gasteiger partial charge in [-0.25, -0.2) is 8.42 Å². The lowest BCUT2D eigenvalue weighted by atomic mass is 10.1. The van der Waals surface area contributed by atoms with Crippen molar-refractivity contribution in [3.05, 3.63) is 66.2 Å². The minimum Gasteiger partial charge on any atom is -0.315 e. The number of aliphatic imine (C=N–C) groups is 1. The lowest BCUT2D eigenvalue weighted by Crippen LogP contribution is -2.39. The minimum atomic E-state index is -2.99. The molecule has 0 N–H and O–H groups in total. The molecule has 4 nitrogen and oxygen atoms in total. The molecule has 2 aliphatic heterocycles. The Morgan fingerprint density at radius 1 is 1.00 bits per heavy atom. The van der Waals surface area contributed by atoms with Crippen molar-refractivity contribution < 1.29 is 8.42 Å². The summed E-state index contributed by atoms with van der Waals surface area (Å²) in [5, 5.41) is 0.926. The summed E-state index contributed by atoms with van der Waals surface area (Å²) in [6.07, 6.45) is 0. The number of fused-ring (bicyclic) bond motifs is 1. The summed E-state index contributed by atoms with van der Waals surface area (Å²) < 4.78 is 24.0. The Hall–Kier alpha value is -1.79. The van der Waals surface area contributed by atoms with E-state index in [2.05, 4.69) is 17.0 Å². The van der Waals surface area contributed by atoms with E-state index in [-0.39, 0.29) is 23.6 Å². The van der Waals surface area contributed by atoms with Crippen molar-refractivity contribution in [3.63, 3.8) is 0 Å². The minimum absolute atomic E-state index is 0.0735. The molecule has 0 amide bonds. The molecule has 2 aromatic rings. The second-order valence-corrected chi connectivity index (χ2v) is 9.20. The van der Waals surface area contributed by atoms with Crippen LogP contribution in [0, 0.1) is 0 Å². The van der Waals surface area contributed by atoms with Gasteiger partial charge in [-0.05, 0) is 17.7 Å². The summed E-state index contributed by atoms with van der Waals surface area (Å²) in [5.74, 6) is 1.18. The number of hydrogen-bond acceptors (Lipinski definition) is 5. The predicted molar refractivity (Wildman–Crippen MR) is 100 cm³/mol. The first kappa shape index (κ1) is 15.7. The van der Waals surface area contributed by atoms with Crippen molar-refractivity contribution in [2.45, 2.75) is 17.8 Å². The first-order valence-electron chi connectivity index (χ1n) is 7.92. The molecule has 0 aliphatic carbocycles. The van der Waals surface area contributed by atoms with Gasteiger partial charge in [0.1, 0.15) is 0 Å². The van der Waals surface area contributed by atoms with Crippen LogP contribution in [0.1, 0.15) is 5.56 Å². The topological polar surface area (TPSA) is 49.7 Å². The Labute approximate surface area is 146 Å². The zero-order chi connectivity index (χ0) is 16.6. The van der Waals surface area contributed by atoms with Crippen molar-refractivity contribution in [2.24, 2.45) is 4.99 Å². The van der Waals surface area contributed by atoms with Gasteiger partial charge in [0.05, 0.1) is 23.6 Å². The SMILES string of the molecule is O=S1(=O)C[C@H]2N=C(SCc3ccccc3)N(c3ccccc3)[C@H]2C1. The molecular weight excluding hydrogens is 340 g/mol. The van der Waals surface area contributed by atoms with Crippen LogP contribution < -0.4 is 4.90 Å². The van der Waals surface area contributed by atoms with Crippen molar-refractivity contribution >= 4 is 32.5 Å². The molecule has 2 atom stereocenters. The van der Waals surface area contributed by atoms with E-state index < -0.39 is 9.84 Å². The van der Waals surface area contributed by atoms with Gasteiger partial charge in [-0.2, -0.15) is 0 Å². The molecule has 1 saturated heterocycles. The Bertz CT molecular complexity index is 851. The van der Waals surface area contributed by atoms with E-state index in [0.29, 0.717) is 0 Å². The number of sulfone groups is 1. The molecule has 1 fully saturated rings. The van der Waals surface area contributed by atoms with Gasteiger partial charge in [0, 0.05) is 11.4 Å². The maximum Gasteiger partial charge on any atom is 0.164 e. The van der Waals surface area contributed by atoms with Gasteiger partial charge < -0.3 is 4.90 Å². The molecule has 0 spiro atoms. The molecule has 0 saturated carbocycles. The van der Waals surface area contributed by atoms with Crippen LogP contribution in [0.4, 0.5) is 5.69 Å². The van der Waals surface area contributed by atoms with Crippen LogP contribution in [0.5, 0.6) is 0 Å². The standard InChI is InChI=1S/C18H18N2O2S2/c21-24(22)12-16-17(13-24)20(15-9-5-2-6-10-15)18(19-16)23-11-14-7-3-1-4-8-14/h1-10,16-17H,11-13H2/t16-,17+/m1/s1. The average Bonchev–Trinajstić information content (AvgIpc) is 3.05. The van der Waals surface area contributed by atoms with Crippen molar-refractivity contribution in [3.8, 4) is 0 Å². The van der Waals surface area contributed by atoms with Gasteiger partial charge in [0.25, 0.3) is 0 Å². The molecule has 0 radical (unpaired) electrons. The number of benzene rings is 2. The summed E-state index contributed by atoms with van der Waals surface area (Å²) in [4.78, 5) is 6.86. The Balaban J connectivity index is 1.61. The van der Waals surface area contributed by atoms with Crippen LogP contribution in [0.2, 0.25) is 0 Å². The summed E-state index contributed by atoms with van der Waals surface area (Å²) in [6.45, 7) is 0. The number of anilines is 1. The summed E-state index contributed by atoms with van der Waals surface area (Å²) >= 11 is 1.68.